The number of nitrogens with one attached hydrogen (secondary N) is 1. The molecule has 9 nitrogen and oxygen atoms in total. The van der Waals surface area contributed by atoms with E-state index in [1.54, 1.807) is 11.9 Å². The standard InChI is InChI=1S/C23H23F2N7O2/c1-30-17-16(29-19(30)20(33)31-11-8-23(24,25)12-31)18(28-13-27-17)32-15-5-3-2-4-14(15)22(21(32)34)6-9-26-10-7-22/h2-5,13,26H,6-12H2,1H3. The lowest BCUT2D eigenvalue weighted by atomic mass is 9.74. The van der Waals surface area contributed by atoms with Crippen LogP contribution < -0.4 is 10.2 Å². The third-order valence-corrected chi connectivity index (χ3v) is 7.23. The Balaban J connectivity index is 1.47. The Bertz CT molecular complexity index is 1330. The number of rotatable bonds is 2. The summed E-state index contributed by atoms with van der Waals surface area (Å²) < 4.78 is 28.9. The van der Waals surface area contributed by atoms with Gasteiger partial charge in [-0.1, -0.05) is 18.2 Å². The van der Waals surface area contributed by atoms with Gasteiger partial charge in [-0.05, 0) is 37.6 Å². The Morgan fingerprint density at radius 1 is 1.12 bits per heavy atom. The van der Waals surface area contributed by atoms with Crippen molar-refractivity contribution in [2.45, 2.75) is 30.6 Å². The smallest absolute Gasteiger partial charge is 0.290 e. The van der Waals surface area contributed by atoms with Crippen LogP contribution in [0.15, 0.2) is 30.6 Å². The van der Waals surface area contributed by atoms with Gasteiger partial charge in [0.2, 0.25) is 11.7 Å². The number of aryl methyl sites for hydroxylation is 1. The molecule has 2 fully saturated rings. The summed E-state index contributed by atoms with van der Waals surface area (Å²) in [6.45, 7) is 0.788. The number of carbonyl (C=O) groups is 2. The summed E-state index contributed by atoms with van der Waals surface area (Å²) >= 11 is 0. The number of hydrogen-bond donors (Lipinski definition) is 1. The van der Waals surface area contributed by atoms with Crippen molar-refractivity contribution in [3.8, 4) is 0 Å². The highest BCUT2D eigenvalue weighted by molar-refractivity contribution is 6.15. The Morgan fingerprint density at radius 2 is 1.88 bits per heavy atom. The molecule has 1 N–H and O–H groups in total. The maximum absolute atomic E-state index is 13.9. The molecule has 11 heteroatoms. The van der Waals surface area contributed by atoms with E-state index in [4.69, 9.17) is 0 Å². The maximum atomic E-state index is 13.9. The molecule has 0 saturated carbocycles. The third-order valence-electron chi connectivity index (χ3n) is 7.23. The lowest BCUT2D eigenvalue weighted by Gasteiger charge is -2.32. The monoisotopic (exact) mass is 467 g/mol. The first-order chi connectivity index (χ1) is 16.3. The van der Waals surface area contributed by atoms with Crippen LogP contribution in [0, 0.1) is 0 Å². The number of piperidine rings is 1. The molecule has 0 radical (unpaired) electrons. The quantitative estimate of drug-likeness (QED) is 0.621. The van der Waals surface area contributed by atoms with Gasteiger partial charge < -0.3 is 14.8 Å². The molecule has 34 heavy (non-hydrogen) atoms. The van der Waals surface area contributed by atoms with Gasteiger partial charge in [-0.25, -0.2) is 23.7 Å². The Hall–Kier alpha value is -3.47. The zero-order valence-electron chi connectivity index (χ0n) is 18.6. The van der Waals surface area contributed by atoms with Crippen LogP contribution in [0.1, 0.15) is 35.4 Å². The van der Waals surface area contributed by atoms with Crippen LogP contribution in [0.4, 0.5) is 20.3 Å². The first-order valence-electron chi connectivity index (χ1n) is 11.3. The first-order valence-corrected chi connectivity index (χ1v) is 11.3. The zero-order valence-corrected chi connectivity index (χ0v) is 18.6. The molecular formula is C23H23F2N7O2. The van der Waals surface area contributed by atoms with Crippen LogP contribution in [0.25, 0.3) is 11.2 Å². The molecule has 3 aliphatic heterocycles. The summed E-state index contributed by atoms with van der Waals surface area (Å²) in [5.41, 5.74) is 1.70. The minimum Gasteiger partial charge on any atom is -0.330 e. The van der Waals surface area contributed by atoms with Gasteiger partial charge in [-0.2, -0.15) is 0 Å². The second-order valence-electron chi connectivity index (χ2n) is 9.19. The van der Waals surface area contributed by atoms with Crippen LogP contribution in [0.2, 0.25) is 0 Å². The van der Waals surface area contributed by atoms with Gasteiger partial charge in [0.1, 0.15) is 6.33 Å². The Kier molecular flexibility index (Phi) is 4.50. The molecule has 176 valence electrons. The number of alkyl halides is 2. The summed E-state index contributed by atoms with van der Waals surface area (Å²) in [6, 6.07) is 7.67. The predicted molar refractivity (Wildman–Crippen MR) is 119 cm³/mol. The molecule has 6 rings (SSSR count). The second kappa shape index (κ2) is 7.26. The molecule has 2 aromatic heterocycles. The van der Waals surface area contributed by atoms with Gasteiger partial charge >= 0.3 is 0 Å². The first kappa shape index (κ1) is 21.1. The molecule has 0 bridgehead atoms. The van der Waals surface area contributed by atoms with Crippen molar-refractivity contribution >= 4 is 34.5 Å². The summed E-state index contributed by atoms with van der Waals surface area (Å²) in [7, 11) is 1.61. The molecule has 3 aliphatic rings. The largest absolute Gasteiger partial charge is 0.330 e. The van der Waals surface area contributed by atoms with E-state index in [1.807, 2.05) is 24.3 Å². The third kappa shape index (κ3) is 2.89. The van der Waals surface area contributed by atoms with E-state index in [0.717, 1.165) is 29.2 Å². The van der Waals surface area contributed by atoms with Crippen molar-refractivity contribution in [3.05, 3.63) is 42.0 Å². The molecule has 0 unspecified atom stereocenters. The molecule has 1 aromatic carbocycles. The van der Waals surface area contributed by atoms with E-state index in [0.29, 0.717) is 24.3 Å². The number of carbonyl (C=O) groups excluding carboxylic acids is 2. The number of para-hydroxylation sites is 1. The van der Waals surface area contributed by atoms with Gasteiger partial charge in [-0.3, -0.25) is 14.5 Å². The summed E-state index contributed by atoms with van der Waals surface area (Å²) in [4.78, 5) is 42.8. The van der Waals surface area contributed by atoms with Crippen molar-refractivity contribution in [2.24, 2.45) is 7.05 Å². The van der Waals surface area contributed by atoms with Crippen LogP contribution >= 0.6 is 0 Å². The number of nitrogens with zero attached hydrogens (tertiary/aromatic N) is 6. The number of amides is 2. The Labute approximate surface area is 193 Å². The molecule has 2 amide bonds. The predicted octanol–water partition coefficient (Wildman–Crippen LogP) is 2.14. The number of anilines is 2. The number of aromatic nitrogens is 4. The highest BCUT2D eigenvalue weighted by Gasteiger charge is 2.52. The van der Waals surface area contributed by atoms with E-state index >= 15 is 0 Å². The van der Waals surface area contributed by atoms with Crippen molar-refractivity contribution in [2.75, 3.05) is 31.1 Å². The van der Waals surface area contributed by atoms with Crippen molar-refractivity contribution in [1.29, 1.82) is 0 Å². The fraction of sp³-hybridized carbons (Fsp3) is 0.435. The number of imidazole rings is 1. The molecule has 1 spiro atoms. The van der Waals surface area contributed by atoms with Gasteiger partial charge in [-0.15, -0.1) is 0 Å². The molecule has 0 aliphatic carbocycles. The highest BCUT2D eigenvalue weighted by Crippen LogP contribution is 2.50. The number of halogens is 2. The van der Waals surface area contributed by atoms with Gasteiger partial charge in [0.05, 0.1) is 17.6 Å². The molecule has 0 atom stereocenters. The topological polar surface area (TPSA) is 96.2 Å². The summed E-state index contributed by atoms with van der Waals surface area (Å²) in [5.74, 6) is -3.29. The van der Waals surface area contributed by atoms with E-state index in [2.05, 4.69) is 20.3 Å². The Morgan fingerprint density at radius 3 is 2.62 bits per heavy atom. The van der Waals surface area contributed by atoms with E-state index in [1.165, 1.54) is 10.9 Å². The highest BCUT2D eigenvalue weighted by atomic mass is 19.3. The normalized spacial score (nSPS) is 21.0. The lowest BCUT2D eigenvalue weighted by Crippen LogP contribution is -2.46. The van der Waals surface area contributed by atoms with Crippen molar-refractivity contribution in [1.82, 2.24) is 29.7 Å². The van der Waals surface area contributed by atoms with Gasteiger partial charge in [0, 0.05) is 20.0 Å². The molecule has 5 heterocycles. The van der Waals surface area contributed by atoms with E-state index in [9.17, 15) is 18.4 Å². The SMILES string of the molecule is Cn1c(C(=O)N2CCC(F)(F)C2)nc2c(N3C(=O)C4(CCNCC4)c4ccccc43)ncnc21. The fourth-order valence-electron chi connectivity index (χ4n) is 5.45. The molecular weight excluding hydrogens is 444 g/mol. The number of hydrogen-bond acceptors (Lipinski definition) is 6. The fourth-order valence-corrected chi connectivity index (χ4v) is 5.45. The molecule has 3 aromatic rings. The van der Waals surface area contributed by atoms with Gasteiger partial charge in [0.15, 0.2) is 17.0 Å². The number of benzene rings is 1. The zero-order chi connectivity index (χ0) is 23.7. The lowest BCUT2D eigenvalue weighted by molar-refractivity contribution is -0.123. The van der Waals surface area contributed by atoms with Crippen LogP contribution in [0.3, 0.4) is 0 Å². The summed E-state index contributed by atoms with van der Waals surface area (Å²) in [5, 5.41) is 3.32. The van der Waals surface area contributed by atoms with E-state index < -0.39 is 23.8 Å². The van der Waals surface area contributed by atoms with Crippen molar-refractivity contribution < 1.29 is 18.4 Å². The number of fused-ring (bicyclic) bond motifs is 3. The number of likely N-dealkylation sites (tertiary alicyclic amines) is 1. The van der Waals surface area contributed by atoms with Crippen LogP contribution in [-0.4, -0.2) is 68.3 Å². The maximum Gasteiger partial charge on any atom is 0.290 e. The average molecular weight is 467 g/mol. The van der Waals surface area contributed by atoms with Crippen LogP contribution in [-0.2, 0) is 17.3 Å². The summed E-state index contributed by atoms with van der Waals surface area (Å²) in [6.07, 6.45) is 2.30. The van der Waals surface area contributed by atoms with Crippen LogP contribution in [0.5, 0.6) is 0 Å². The molecule has 2 saturated heterocycles. The minimum atomic E-state index is -2.90. The average Bonchev–Trinajstić information content (AvgIpc) is 3.45. The van der Waals surface area contributed by atoms with Gasteiger partial charge in [0.25, 0.3) is 11.8 Å². The van der Waals surface area contributed by atoms with Crippen molar-refractivity contribution in [3.63, 3.8) is 0 Å². The second-order valence-corrected chi connectivity index (χ2v) is 9.19. The minimum absolute atomic E-state index is 0.00837. The van der Waals surface area contributed by atoms with E-state index in [-0.39, 0.29) is 30.2 Å².